The van der Waals surface area contributed by atoms with Gasteiger partial charge in [-0.2, -0.15) is 0 Å². The smallest absolute Gasteiger partial charge is 0.375 e. The normalized spacial score (nSPS) is 13.2. The molecule has 7 heteroatoms. The van der Waals surface area contributed by atoms with E-state index >= 15 is 0 Å². The van der Waals surface area contributed by atoms with E-state index in [9.17, 15) is 14.2 Å². The fourth-order valence-corrected chi connectivity index (χ4v) is 4.68. The molecule has 0 bridgehead atoms. The Morgan fingerprint density at radius 2 is 1.38 bits per heavy atom. The number of ketones is 1. The number of Topliss-reactive ketones (excluding diaryl/α,β-unsaturated/α-hetero) is 1. The first-order valence-electron chi connectivity index (χ1n) is 7.51. The number of esters is 1. The van der Waals surface area contributed by atoms with Gasteiger partial charge in [0.15, 0.2) is 0 Å². The molecule has 0 aliphatic rings. The van der Waals surface area contributed by atoms with Crippen LogP contribution in [0, 0.1) is 5.92 Å². The molecule has 0 fully saturated rings. The Kier molecular flexibility index (Phi) is 9.75. The lowest BCUT2D eigenvalue weighted by Gasteiger charge is -2.29. The maximum absolute atomic E-state index is 12.9. The van der Waals surface area contributed by atoms with Crippen molar-refractivity contribution in [1.29, 1.82) is 0 Å². The van der Waals surface area contributed by atoms with E-state index in [1.165, 1.54) is 0 Å². The molecule has 6 nitrogen and oxygen atoms in total. The highest BCUT2D eigenvalue weighted by atomic mass is 31.2. The van der Waals surface area contributed by atoms with Crippen LogP contribution in [0.2, 0.25) is 0 Å². The Labute approximate surface area is 127 Å². The summed E-state index contributed by atoms with van der Waals surface area (Å²) in [6.45, 7) is 9.09. The number of rotatable bonds is 11. The summed E-state index contributed by atoms with van der Waals surface area (Å²) in [7, 11) is -3.70. The fourth-order valence-electron chi connectivity index (χ4n) is 2.23. The number of ether oxygens (including phenoxy) is 1. The molecule has 1 unspecified atom stereocenters. The van der Waals surface area contributed by atoms with E-state index in [0.717, 1.165) is 0 Å². The first-order valence-corrected chi connectivity index (χ1v) is 9.12. The third-order valence-corrected chi connectivity index (χ3v) is 5.77. The fraction of sp³-hybridized carbons (Fsp3) is 0.857. The van der Waals surface area contributed by atoms with Crippen molar-refractivity contribution in [2.45, 2.75) is 53.1 Å². The molecule has 21 heavy (non-hydrogen) atoms. The molecule has 0 aromatic heterocycles. The van der Waals surface area contributed by atoms with E-state index in [1.54, 1.807) is 20.8 Å². The van der Waals surface area contributed by atoms with E-state index in [1.807, 2.05) is 13.8 Å². The zero-order valence-electron chi connectivity index (χ0n) is 13.6. The third-order valence-electron chi connectivity index (χ3n) is 3.20. The lowest BCUT2D eigenvalue weighted by atomic mass is 9.96. The summed E-state index contributed by atoms with van der Waals surface area (Å²) in [5, 5.41) is 0. The van der Waals surface area contributed by atoms with Crippen molar-refractivity contribution < 1.29 is 27.9 Å². The summed E-state index contributed by atoms with van der Waals surface area (Å²) in [6, 6.07) is 0. The molecule has 0 spiro atoms. The van der Waals surface area contributed by atoms with Gasteiger partial charge in [-0.3, -0.25) is 9.36 Å². The highest BCUT2D eigenvalue weighted by Crippen LogP contribution is 2.56. The Hall–Kier alpha value is -0.710. The maximum Gasteiger partial charge on any atom is 0.375 e. The van der Waals surface area contributed by atoms with Gasteiger partial charge in [0.05, 0.1) is 19.8 Å². The van der Waals surface area contributed by atoms with Crippen LogP contribution in [0.5, 0.6) is 0 Å². The summed E-state index contributed by atoms with van der Waals surface area (Å²) in [5.74, 6) is -2.06. The molecule has 0 aromatic carbocycles. The van der Waals surface area contributed by atoms with Gasteiger partial charge in [0.25, 0.3) is 5.78 Å². The molecule has 0 radical (unpaired) electrons. The summed E-state index contributed by atoms with van der Waals surface area (Å²) in [4.78, 5) is 24.2. The topological polar surface area (TPSA) is 78.9 Å². The van der Waals surface area contributed by atoms with Crippen LogP contribution < -0.4 is 0 Å². The quantitative estimate of drug-likeness (QED) is 0.330. The summed E-state index contributed by atoms with van der Waals surface area (Å²) < 4.78 is 28.2. The van der Waals surface area contributed by atoms with Crippen LogP contribution >= 0.6 is 7.60 Å². The lowest BCUT2D eigenvalue weighted by Crippen LogP contribution is -2.37. The van der Waals surface area contributed by atoms with Gasteiger partial charge in [-0.1, -0.05) is 26.7 Å². The first-order chi connectivity index (χ1) is 9.91. The molecule has 0 N–H and O–H groups in total. The maximum atomic E-state index is 12.9. The van der Waals surface area contributed by atoms with E-state index in [0.29, 0.717) is 12.8 Å². The second kappa shape index (κ2) is 10.1. The summed E-state index contributed by atoms with van der Waals surface area (Å²) >= 11 is 0. The average molecular weight is 322 g/mol. The SMILES string of the molecule is CCOC(=O)C(=O)C(C(CC)CC)P(=O)(OCC)OCC. The second-order valence-electron chi connectivity index (χ2n) is 4.48. The highest BCUT2D eigenvalue weighted by molar-refractivity contribution is 7.56. The molecule has 0 saturated carbocycles. The van der Waals surface area contributed by atoms with Gasteiger partial charge in [0, 0.05) is 0 Å². The van der Waals surface area contributed by atoms with E-state index < -0.39 is 25.0 Å². The third kappa shape index (κ3) is 5.53. The van der Waals surface area contributed by atoms with Crippen molar-refractivity contribution in [2.75, 3.05) is 19.8 Å². The predicted octanol–water partition coefficient (Wildman–Crippen LogP) is 3.19. The van der Waals surface area contributed by atoms with Crippen LogP contribution in [0.15, 0.2) is 0 Å². The van der Waals surface area contributed by atoms with Crippen molar-refractivity contribution in [3.8, 4) is 0 Å². The van der Waals surface area contributed by atoms with Gasteiger partial charge in [-0.25, -0.2) is 4.79 Å². The zero-order valence-corrected chi connectivity index (χ0v) is 14.5. The van der Waals surface area contributed by atoms with Crippen molar-refractivity contribution >= 4 is 19.3 Å². The lowest BCUT2D eigenvalue weighted by molar-refractivity contribution is -0.154. The first kappa shape index (κ1) is 20.3. The number of carbonyl (C=O) groups is 2. The average Bonchev–Trinajstić information content (AvgIpc) is 2.44. The van der Waals surface area contributed by atoms with E-state index in [4.69, 9.17) is 13.8 Å². The van der Waals surface area contributed by atoms with E-state index in [-0.39, 0.29) is 25.7 Å². The molecule has 0 aromatic rings. The number of hydrogen-bond donors (Lipinski definition) is 0. The van der Waals surface area contributed by atoms with Gasteiger partial charge >= 0.3 is 13.6 Å². The van der Waals surface area contributed by atoms with E-state index in [2.05, 4.69) is 0 Å². The standard InChI is InChI=1S/C14H27O6P/c1-6-11(7-2)13(12(15)14(16)18-8-3)21(17,19-9-4)20-10-5/h11,13H,6-10H2,1-5H3. The van der Waals surface area contributed by atoms with Crippen LogP contribution in [-0.2, 0) is 27.9 Å². The Bertz CT molecular complexity index is 368. The Morgan fingerprint density at radius 3 is 1.71 bits per heavy atom. The monoisotopic (exact) mass is 322 g/mol. The van der Waals surface area contributed by atoms with Crippen molar-refractivity contribution in [3.63, 3.8) is 0 Å². The van der Waals surface area contributed by atoms with Crippen molar-refractivity contribution in [2.24, 2.45) is 5.92 Å². The highest BCUT2D eigenvalue weighted by Gasteiger charge is 2.47. The molecule has 0 aliphatic heterocycles. The van der Waals surface area contributed by atoms with Gasteiger partial charge < -0.3 is 13.8 Å². The summed E-state index contributed by atoms with van der Waals surface area (Å²) in [5.41, 5.74) is -1.11. The molecule has 124 valence electrons. The minimum Gasteiger partial charge on any atom is -0.460 e. The Morgan fingerprint density at radius 1 is 0.905 bits per heavy atom. The van der Waals surface area contributed by atoms with Crippen LogP contribution in [0.1, 0.15) is 47.5 Å². The van der Waals surface area contributed by atoms with Crippen LogP contribution in [0.25, 0.3) is 0 Å². The second-order valence-corrected chi connectivity index (χ2v) is 6.63. The molecule has 1 atom stereocenters. The molecule has 0 rings (SSSR count). The zero-order chi connectivity index (χ0) is 16.5. The summed E-state index contributed by atoms with van der Waals surface area (Å²) in [6.07, 6.45) is 1.19. The molecular weight excluding hydrogens is 295 g/mol. The molecule has 0 saturated heterocycles. The largest absolute Gasteiger partial charge is 0.460 e. The predicted molar refractivity (Wildman–Crippen MR) is 80.4 cm³/mol. The Balaban J connectivity index is 5.62. The molecule has 0 heterocycles. The van der Waals surface area contributed by atoms with Crippen LogP contribution in [0.3, 0.4) is 0 Å². The van der Waals surface area contributed by atoms with Crippen molar-refractivity contribution in [1.82, 2.24) is 0 Å². The molecule has 0 aliphatic carbocycles. The van der Waals surface area contributed by atoms with Crippen LogP contribution in [0.4, 0.5) is 0 Å². The van der Waals surface area contributed by atoms with Gasteiger partial charge in [-0.15, -0.1) is 0 Å². The van der Waals surface area contributed by atoms with Gasteiger partial charge in [-0.05, 0) is 26.7 Å². The van der Waals surface area contributed by atoms with Gasteiger partial charge in [0.1, 0.15) is 5.66 Å². The minimum atomic E-state index is -3.70. The minimum absolute atomic E-state index is 0.0911. The van der Waals surface area contributed by atoms with Gasteiger partial charge in [0.2, 0.25) is 0 Å². The number of carbonyl (C=O) groups excluding carboxylic acids is 2. The van der Waals surface area contributed by atoms with Crippen LogP contribution in [-0.4, -0.2) is 37.2 Å². The number of hydrogen-bond acceptors (Lipinski definition) is 6. The van der Waals surface area contributed by atoms with Crippen molar-refractivity contribution in [3.05, 3.63) is 0 Å². The molecular formula is C14H27O6P. The molecule has 0 amide bonds.